The second-order valence-corrected chi connectivity index (χ2v) is 5.83. The van der Waals surface area contributed by atoms with Crippen molar-refractivity contribution in [2.24, 2.45) is 5.73 Å². The maximum atomic E-state index is 12.8. The lowest BCUT2D eigenvalue weighted by Crippen LogP contribution is -2.30. The number of benzene rings is 2. The van der Waals surface area contributed by atoms with Crippen molar-refractivity contribution in [1.82, 2.24) is 4.90 Å². The van der Waals surface area contributed by atoms with Crippen LogP contribution in [0.25, 0.3) is 0 Å². The Morgan fingerprint density at radius 1 is 1.17 bits per heavy atom. The predicted octanol–water partition coefficient (Wildman–Crippen LogP) is 3.13. The highest BCUT2D eigenvalue weighted by Crippen LogP contribution is 2.33. The van der Waals surface area contributed by atoms with E-state index in [1.165, 1.54) is 0 Å². The van der Waals surface area contributed by atoms with E-state index in [2.05, 4.69) is 0 Å². The third-order valence-corrected chi connectivity index (χ3v) is 4.45. The van der Waals surface area contributed by atoms with Crippen LogP contribution >= 0.6 is 0 Å². The van der Waals surface area contributed by atoms with Gasteiger partial charge in [0.25, 0.3) is 5.91 Å². The molecule has 1 atom stereocenters. The van der Waals surface area contributed by atoms with Gasteiger partial charge in [0, 0.05) is 18.7 Å². The highest BCUT2D eigenvalue weighted by molar-refractivity contribution is 5.94. The summed E-state index contributed by atoms with van der Waals surface area (Å²) < 4.78 is 5.21. The van der Waals surface area contributed by atoms with Gasteiger partial charge in [-0.05, 0) is 48.2 Å². The lowest BCUT2D eigenvalue weighted by atomic mass is 10.0. The third kappa shape index (κ3) is 3.22. The Labute approximate surface area is 136 Å². The molecule has 4 nitrogen and oxygen atoms in total. The van der Waals surface area contributed by atoms with Crippen LogP contribution in [0.4, 0.5) is 0 Å². The summed E-state index contributed by atoms with van der Waals surface area (Å²) in [6, 6.07) is 15.7. The van der Waals surface area contributed by atoms with Gasteiger partial charge in [0.1, 0.15) is 5.75 Å². The topological polar surface area (TPSA) is 55.6 Å². The van der Waals surface area contributed by atoms with Gasteiger partial charge in [0.15, 0.2) is 0 Å². The van der Waals surface area contributed by atoms with Crippen molar-refractivity contribution in [3.05, 3.63) is 65.2 Å². The summed E-state index contributed by atoms with van der Waals surface area (Å²) in [7, 11) is 1.66. The number of carbonyl (C=O) groups is 1. The number of likely N-dealkylation sites (tertiary alicyclic amines) is 1. The predicted molar refractivity (Wildman–Crippen MR) is 90.3 cm³/mol. The van der Waals surface area contributed by atoms with Gasteiger partial charge in [-0.15, -0.1) is 0 Å². The Kier molecular flexibility index (Phi) is 4.63. The maximum Gasteiger partial charge on any atom is 0.254 e. The summed E-state index contributed by atoms with van der Waals surface area (Å²) in [5.74, 6) is 0.925. The minimum absolute atomic E-state index is 0.0897. The van der Waals surface area contributed by atoms with E-state index in [4.69, 9.17) is 10.5 Å². The fourth-order valence-electron chi connectivity index (χ4n) is 3.13. The van der Waals surface area contributed by atoms with Crippen LogP contribution in [-0.4, -0.2) is 24.5 Å². The molecule has 1 heterocycles. The number of methoxy groups -OCH3 is 1. The van der Waals surface area contributed by atoms with E-state index in [0.717, 1.165) is 41.8 Å². The zero-order valence-electron chi connectivity index (χ0n) is 13.4. The number of nitrogens with two attached hydrogens (primary N) is 1. The average Bonchev–Trinajstić information content (AvgIpc) is 3.11. The van der Waals surface area contributed by atoms with Gasteiger partial charge in [-0.1, -0.05) is 24.3 Å². The Hall–Kier alpha value is -2.33. The largest absolute Gasteiger partial charge is 0.497 e. The minimum atomic E-state index is 0.0897. The molecule has 23 heavy (non-hydrogen) atoms. The van der Waals surface area contributed by atoms with Crippen LogP contribution in [-0.2, 0) is 6.54 Å². The molecule has 2 aromatic carbocycles. The quantitative estimate of drug-likeness (QED) is 0.944. The van der Waals surface area contributed by atoms with E-state index in [-0.39, 0.29) is 11.9 Å². The highest BCUT2D eigenvalue weighted by atomic mass is 16.5. The second kappa shape index (κ2) is 6.84. The summed E-state index contributed by atoms with van der Waals surface area (Å²) >= 11 is 0. The van der Waals surface area contributed by atoms with Crippen LogP contribution in [0.5, 0.6) is 5.75 Å². The Bertz CT molecular complexity index is 665. The molecule has 0 aliphatic carbocycles. The Morgan fingerprint density at radius 3 is 2.48 bits per heavy atom. The molecule has 1 unspecified atom stereocenters. The van der Waals surface area contributed by atoms with Crippen molar-refractivity contribution < 1.29 is 9.53 Å². The average molecular weight is 310 g/mol. The van der Waals surface area contributed by atoms with E-state index in [1.54, 1.807) is 7.11 Å². The maximum absolute atomic E-state index is 12.8. The van der Waals surface area contributed by atoms with Gasteiger partial charge in [-0.3, -0.25) is 4.79 Å². The zero-order valence-corrected chi connectivity index (χ0v) is 13.4. The van der Waals surface area contributed by atoms with Crippen LogP contribution in [0.1, 0.15) is 40.4 Å². The molecule has 3 rings (SSSR count). The molecule has 2 N–H and O–H groups in total. The lowest BCUT2D eigenvalue weighted by Gasteiger charge is -2.25. The van der Waals surface area contributed by atoms with E-state index in [1.807, 2.05) is 53.4 Å². The molecule has 0 spiro atoms. The van der Waals surface area contributed by atoms with Crippen molar-refractivity contribution in [3.8, 4) is 5.75 Å². The van der Waals surface area contributed by atoms with Crippen molar-refractivity contribution in [2.75, 3.05) is 13.7 Å². The number of hydrogen-bond donors (Lipinski definition) is 1. The summed E-state index contributed by atoms with van der Waals surface area (Å²) in [5, 5.41) is 0. The van der Waals surface area contributed by atoms with E-state index < -0.39 is 0 Å². The molecule has 1 fully saturated rings. The normalized spacial score (nSPS) is 17.3. The molecule has 0 radical (unpaired) electrons. The van der Waals surface area contributed by atoms with Crippen molar-refractivity contribution in [1.29, 1.82) is 0 Å². The van der Waals surface area contributed by atoms with Crippen LogP contribution in [0, 0.1) is 0 Å². The van der Waals surface area contributed by atoms with Crippen LogP contribution in [0.3, 0.4) is 0 Å². The first-order chi connectivity index (χ1) is 11.2. The number of rotatable bonds is 4. The molecule has 120 valence electrons. The first-order valence-electron chi connectivity index (χ1n) is 7.97. The van der Waals surface area contributed by atoms with Gasteiger partial charge in [0.05, 0.1) is 13.2 Å². The van der Waals surface area contributed by atoms with Gasteiger partial charge >= 0.3 is 0 Å². The molecule has 0 aromatic heterocycles. The Morgan fingerprint density at radius 2 is 1.87 bits per heavy atom. The monoisotopic (exact) mass is 310 g/mol. The summed E-state index contributed by atoms with van der Waals surface area (Å²) in [6.07, 6.45) is 2.03. The lowest BCUT2D eigenvalue weighted by molar-refractivity contribution is 0.0735. The zero-order chi connectivity index (χ0) is 16.2. The number of hydrogen-bond acceptors (Lipinski definition) is 3. The summed E-state index contributed by atoms with van der Waals surface area (Å²) in [5.41, 5.74) is 8.54. The van der Waals surface area contributed by atoms with E-state index >= 15 is 0 Å². The molecule has 0 bridgehead atoms. The van der Waals surface area contributed by atoms with Gasteiger partial charge < -0.3 is 15.4 Å². The fraction of sp³-hybridized carbons (Fsp3) is 0.316. The SMILES string of the molecule is COc1ccc(C2CCCN2C(=O)c2ccc(CN)cc2)cc1. The molecule has 0 saturated carbocycles. The molecular weight excluding hydrogens is 288 g/mol. The Balaban J connectivity index is 1.80. The fourth-order valence-corrected chi connectivity index (χ4v) is 3.13. The molecule has 1 saturated heterocycles. The molecule has 2 aromatic rings. The standard InChI is InChI=1S/C19H22N2O2/c1-23-17-10-8-15(9-11-17)18-3-2-12-21(18)19(22)16-6-4-14(13-20)5-7-16/h4-11,18H,2-3,12-13,20H2,1H3. The summed E-state index contributed by atoms with van der Waals surface area (Å²) in [6.45, 7) is 1.29. The molecular formula is C19H22N2O2. The van der Waals surface area contributed by atoms with Crippen LogP contribution in [0.15, 0.2) is 48.5 Å². The van der Waals surface area contributed by atoms with Gasteiger partial charge in [-0.25, -0.2) is 0 Å². The van der Waals surface area contributed by atoms with Crippen LogP contribution in [0.2, 0.25) is 0 Å². The molecule has 4 heteroatoms. The summed E-state index contributed by atoms with van der Waals surface area (Å²) in [4.78, 5) is 14.8. The number of nitrogens with zero attached hydrogens (tertiary/aromatic N) is 1. The molecule has 1 amide bonds. The van der Waals surface area contributed by atoms with Crippen molar-refractivity contribution in [3.63, 3.8) is 0 Å². The molecule has 1 aliphatic heterocycles. The number of amides is 1. The first kappa shape index (κ1) is 15.6. The van der Waals surface area contributed by atoms with E-state index in [0.29, 0.717) is 6.54 Å². The number of ether oxygens (including phenoxy) is 1. The number of carbonyl (C=O) groups excluding carboxylic acids is 1. The third-order valence-electron chi connectivity index (χ3n) is 4.45. The minimum Gasteiger partial charge on any atom is -0.497 e. The van der Waals surface area contributed by atoms with Gasteiger partial charge in [-0.2, -0.15) is 0 Å². The smallest absolute Gasteiger partial charge is 0.254 e. The van der Waals surface area contributed by atoms with Gasteiger partial charge in [0.2, 0.25) is 0 Å². The first-order valence-corrected chi connectivity index (χ1v) is 7.97. The van der Waals surface area contributed by atoms with Crippen LogP contribution < -0.4 is 10.5 Å². The van der Waals surface area contributed by atoms with Crippen molar-refractivity contribution >= 4 is 5.91 Å². The second-order valence-electron chi connectivity index (χ2n) is 5.83. The molecule has 1 aliphatic rings. The van der Waals surface area contributed by atoms with E-state index in [9.17, 15) is 4.79 Å². The van der Waals surface area contributed by atoms with Crippen molar-refractivity contribution in [2.45, 2.75) is 25.4 Å². The highest BCUT2D eigenvalue weighted by Gasteiger charge is 2.30.